The number of benzene rings is 3. The molecule has 3 aromatic heterocycles. The predicted octanol–water partition coefficient (Wildman–Crippen LogP) is 8.27. The molecule has 0 fully saturated rings. The van der Waals surface area contributed by atoms with Crippen LogP contribution >= 0.6 is 27.3 Å². The van der Waals surface area contributed by atoms with Crippen molar-refractivity contribution >= 4 is 72.7 Å². The number of hydrogen-bond acceptors (Lipinski definition) is 3. The minimum absolute atomic E-state index is 0.677. The van der Waals surface area contributed by atoms with Crippen LogP contribution in [0.25, 0.3) is 55.4 Å². The van der Waals surface area contributed by atoms with Crippen LogP contribution in [0.1, 0.15) is 32.6 Å². The fourth-order valence-electron chi connectivity index (χ4n) is 5.07. The second-order valence-electron chi connectivity index (χ2n) is 9.19. The zero-order chi connectivity index (χ0) is 24.6. The fraction of sp³-hybridized carbons (Fsp3) is 0.200. The van der Waals surface area contributed by atoms with E-state index in [0.29, 0.717) is 4.78 Å². The van der Waals surface area contributed by atoms with Crippen LogP contribution in [0.3, 0.4) is 0 Å². The lowest BCUT2D eigenvalue weighted by Gasteiger charge is -2.12. The van der Waals surface area contributed by atoms with E-state index in [1.807, 2.05) is 18.2 Å². The Morgan fingerprint density at radius 2 is 1.50 bits per heavy atom. The molecule has 0 saturated carbocycles. The van der Waals surface area contributed by atoms with E-state index in [0.717, 1.165) is 43.9 Å². The van der Waals surface area contributed by atoms with Crippen molar-refractivity contribution in [3.63, 3.8) is 0 Å². The fourth-order valence-corrected chi connectivity index (χ4v) is 6.54. The largest absolute Gasteiger partial charge is 0.340 e. The van der Waals surface area contributed by atoms with Crippen LogP contribution in [0.15, 0.2) is 76.6 Å². The highest BCUT2D eigenvalue weighted by Gasteiger charge is 2.19. The molecule has 3 heterocycles. The van der Waals surface area contributed by atoms with Gasteiger partial charge in [0.1, 0.15) is 13.4 Å². The van der Waals surface area contributed by atoms with Gasteiger partial charge in [0.2, 0.25) is 0 Å². The van der Waals surface area contributed by atoms with Gasteiger partial charge in [-0.3, -0.25) is 0 Å². The molecule has 36 heavy (non-hydrogen) atoms. The van der Waals surface area contributed by atoms with Crippen molar-refractivity contribution in [1.29, 1.82) is 0 Å². The Balaban J connectivity index is 1.58. The molecule has 0 aliphatic heterocycles. The minimum Gasteiger partial charge on any atom is -0.340 e. The van der Waals surface area contributed by atoms with E-state index in [-0.39, 0.29) is 0 Å². The molecule has 3 aromatic carbocycles. The number of nitrogens with zero attached hydrogens (tertiary/aromatic N) is 3. The van der Waals surface area contributed by atoms with Crippen LogP contribution in [-0.4, -0.2) is 22.4 Å². The van der Waals surface area contributed by atoms with Gasteiger partial charge in [-0.05, 0) is 39.3 Å². The summed E-state index contributed by atoms with van der Waals surface area (Å²) in [5.41, 5.74) is 7.91. The van der Waals surface area contributed by atoms with E-state index in [1.54, 1.807) is 0 Å². The number of fused-ring (bicyclic) bond motifs is 4. The zero-order valence-corrected chi connectivity index (χ0v) is 22.6. The van der Waals surface area contributed by atoms with Crippen LogP contribution in [0, 0.1) is 0 Å². The minimum atomic E-state index is 0.677. The molecule has 6 heteroatoms. The van der Waals surface area contributed by atoms with E-state index in [4.69, 9.17) is 17.8 Å². The second kappa shape index (κ2) is 9.83. The summed E-state index contributed by atoms with van der Waals surface area (Å²) in [7, 11) is 6.34. The van der Waals surface area contributed by atoms with Crippen LogP contribution < -0.4 is 4.78 Å². The van der Waals surface area contributed by atoms with E-state index < -0.39 is 0 Å². The Morgan fingerprint density at radius 3 is 2.33 bits per heavy atom. The Hall–Kier alpha value is -2.96. The first kappa shape index (κ1) is 23.4. The highest BCUT2D eigenvalue weighted by molar-refractivity contribution is 9.11. The van der Waals surface area contributed by atoms with Crippen LogP contribution in [0.5, 0.6) is 0 Å². The molecule has 2 radical (unpaired) electrons. The lowest BCUT2D eigenvalue weighted by atomic mass is 10.0. The summed E-state index contributed by atoms with van der Waals surface area (Å²) in [6.45, 7) is 3.27. The first-order chi connectivity index (χ1) is 17.7. The van der Waals surface area contributed by atoms with E-state index >= 15 is 0 Å². The van der Waals surface area contributed by atoms with Crippen LogP contribution in [0.4, 0.5) is 0 Å². The number of aryl methyl sites for hydroxylation is 1. The number of rotatable bonds is 7. The third-order valence-corrected chi connectivity index (χ3v) is 8.49. The first-order valence-electron chi connectivity index (χ1n) is 12.5. The highest BCUT2D eigenvalue weighted by atomic mass is 79.9. The number of hydrogen-bond donors (Lipinski definition) is 0. The number of para-hydroxylation sites is 1. The molecule has 0 amide bonds. The number of halogens is 1. The van der Waals surface area contributed by atoms with Gasteiger partial charge in [-0.15, -0.1) is 11.3 Å². The van der Waals surface area contributed by atoms with Crippen LogP contribution in [-0.2, 0) is 6.54 Å². The Kier molecular flexibility index (Phi) is 6.40. The predicted molar refractivity (Wildman–Crippen MR) is 159 cm³/mol. The normalized spacial score (nSPS) is 11.7. The van der Waals surface area contributed by atoms with Gasteiger partial charge in [0, 0.05) is 39.5 Å². The molecule has 0 spiro atoms. The molecular formula is C30H25BBrN3S. The molecule has 0 aliphatic rings. The van der Waals surface area contributed by atoms with Crippen molar-refractivity contribution in [1.82, 2.24) is 14.5 Å². The van der Waals surface area contributed by atoms with Crippen molar-refractivity contribution in [3.8, 4) is 22.5 Å². The molecule has 6 rings (SSSR count). The standard InChI is InChI=1S/C30H25BBrN3S/c1-2-3-4-10-17-35-23-14-9-8-13-21(23)22-16-15-20(18-24(22)35)26-25(19-11-6-5-7-12-19)34-28-27(33-26)29(31)36-30(28)32/h5-9,11-16,18H,2-4,10,17H2,1H3. The van der Waals surface area contributed by atoms with Crippen molar-refractivity contribution in [2.24, 2.45) is 0 Å². The van der Waals surface area contributed by atoms with Crippen LogP contribution in [0.2, 0.25) is 0 Å². The Bertz CT molecular complexity index is 1700. The third-order valence-electron chi connectivity index (χ3n) is 6.84. The average molecular weight is 550 g/mol. The van der Waals surface area contributed by atoms with Gasteiger partial charge in [-0.2, -0.15) is 0 Å². The molecule has 0 N–H and O–H groups in total. The number of unbranched alkanes of at least 4 members (excludes halogenated alkanes) is 3. The van der Waals surface area contributed by atoms with Gasteiger partial charge in [0.05, 0.1) is 20.7 Å². The zero-order valence-electron chi connectivity index (χ0n) is 20.2. The summed E-state index contributed by atoms with van der Waals surface area (Å²) in [5.74, 6) is 0. The molecule has 0 bridgehead atoms. The second-order valence-corrected chi connectivity index (χ2v) is 11.6. The van der Waals surface area contributed by atoms with Gasteiger partial charge >= 0.3 is 0 Å². The number of aromatic nitrogens is 3. The average Bonchev–Trinajstić information content (AvgIpc) is 3.38. The monoisotopic (exact) mass is 549 g/mol. The maximum Gasteiger partial charge on any atom is 0.132 e. The van der Waals surface area contributed by atoms with Crippen molar-refractivity contribution in [2.75, 3.05) is 0 Å². The summed E-state index contributed by atoms with van der Waals surface area (Å²) in [5, 5.41) is 2.57. The molecular weight excluding hydrogens is 525 g/mol. The summed E-state index contributed by atoms with van der Waals surface area (Å²) in [6.07, 6.45) is 4.93. The van der Waals surface area contributed by atoms with Gasteiger partial charge in [0.25, 0.3) is 0 Å². The Labute approximate surface area is 224 Å². The van der Waals surface area contributed by atoms with Crippen molar-refractivity contribution in [2.45, 2.75) is 39.2 Å². The summed E-state index contributed by atoms with van der Waals surface area (Å²) >= 11 is 5.11. The summed E-state index contributed by atoms with van der Waals surface area (Å²) < 4.78 is 4.07. The molecule has 0 unspecified atom stereocenters. The van der Waals surface area contributed by atoms with E-state index in [1.165, 1.54) is 58.8 Å². The highest BCUT2D eigenvalue weighted by Crippen LogP contribution is 2.37. The molecule has 6 aromatic rings. The summed E-state index contributed by atoms with van der Waals surface area (Å²) in [6, 6.07) is 25.7. The number of thiophene rings is 1. The van der Waals surface area contributed by atoms with Crippen molar-refractivity contribution < 1.29 is 0 Å². The lowest BCUT2D eigenvalue weighted by Crippen LogP contribution is -2.02. The lowest BCUT2D eigenvalue weighted by molar-refractivity contribution is 0.602. The maximum atomic E-state index is 6.34. The van der Waals surface area contributed by atoms with E-state index in [9.17, 15) is 0 Å². The molecule has 3 nitrogen and oxygen atoms in total. The summed E-state index contributed by atoms with van der Waals surface area (Å²) in [4.78, 5) is 10.2. The van der Waals surface area contributed by atoms with Crippen molar-refractivity contribution in [3.05, 3.63) is 76.6 Å². The molecule has 0 atom stereocenters. The SMILES string of the molecule is [B]c1sc(Br)c2nc(-c3ccccc3)c(-c3ccc4c5ccccc5n(CCCCCC)c4c3)nc12. The topological polar surface area (TPSA) is 30.7 Å². The van der Waals surface area contributed by atoms with Gasteiger partial charge in [0.15, 0.2) is 0 Å². The van der Waals surface area contributed by atoms with E-state index in [2.05, 4.69) is 82.0 Å². The first-order valence-corrected chi connectivity index (χ1v) is 14.1. The molecule has 0 aliphatic carbocycles. The Morgan fingerprint density at radius 1 is 0.778 bits per heavy atom. The van der Waals surface area contributed by atoms with Gasteiger partial charge in [-0.1, -0.05) is 86.8 Å². The molecule has 176 valence electrons. The molecule has 0 saturated heterocycles. The quantitative estimate of drug-likeness (QED) is 0.148. The van der Waals surface area contributed by atoms with Gasteiger partial charge in [-0.25, -0.2) is 9.97 Å². The smallest absolute Gasteiger partial charge is 0.132 e. The maximum absolute atomic E-state index is 6.34. The van der Waals surface area contributed by atoms with Gasteiger partial charge < -0.3 is 4.57 Å². The third kappa shape index (κ3) is 4.06.